The molecule has 3 N–H and O–H groups in total. The third-order valence-corrected chi connectivity index (χ3v) is 6.62. The van der Waals surface area contributed by atoms with Crippen LogP contribution in [0.3, 0.4) is 0 Å². The molecule has 190 valence electrons. The number of thiophene rings is 1. The summed E-state index contributed by atoms with van der Waals surface area (Å²) in [4.78, 5) is 36.4. The standard InChI is InChI=1S/C23H37N5O5S/c1-15(2)23(6,25-19(29)16-10-12-34-14-16)18-13-28(27-26-18)17(20(30)31)9-7-8-11-24-21(32)33-22(3,4)5/h10,12,14-15,17-18H,7-9,11,13H2,1-6H3,(H,24,32)(H,25,29)(H,30,31). The lowest BCUT2D eigenvalue weighted by Gasteiger charge is -2.38. The predicted octanol–water partition coefficient (Wildman–Crippen LogP) is 4.09. The van der Waals surface area contributed by atoms with Crippen LogP contribution < -0.4 is 10.6 Å². The molecule has 1 aromatic rings. The Hall–Kier alpha value is -2.69. The number of carbonyl (C=O) groups excluding carboxylic acids is 2. The Balaban J connectivity index is 1.91. The number of nitrogens with zero attached hydrogens (tertiary/aromatic N) is 3. The smallest absolute Gasteiger partial charge is 0.407 e. The summed E-state index contributed by atoms with van der Waals surface area (Å²) in [6, 6.07) is 0.548. The van der Waals surface area contributed by atoms with Crippen molar-refractivity contribution in [2.75, 3.05) is 13.1 Å². The highest BCUT2D eigenvalue weighted by atomic mass is 32.1. The van der Waals surface area contributed by atoms with Gasteiger partial charge in [0.05, 0.1) is 17.6 Å². The van der Waals surface area contributed by atoms with Gasteiger partial charge in [0.25, 0.3) is 5.91 Å². The predicted molar refractivity (Wildman–Crippen MR) is 130 cm³/mol. The summed E-state index contributed by atoms with van der Waals surface area (Å²) < 4.78 is 5.19. The van der Waals surface area contributed by atoms with Crippen molar-refractivity contribution in [3.8, 4) is 0 Å². The topological polar surface area (TPSA) is 133 Å². The van der Waals surface area contributed by atoms with E-state index >= 15 is 0 Å². The zero-order chi connectivity index (χ0) is 25.5. The number of unbranched alkanes of at least 4 members (excludes halogenated alkanes) is 1. The van der Waals surface area contributed by atoms with Crippen molar-refractivity contribution in [1.29, 1.82) is 0 Å². The number of amides is 2. The highest BCUT2D eigenvalue weighted by Crippen LogP contribution is 2.30. The van der Waals surface area contributed by atoms with Crippen LogP contribution in [0.2, 0.25) is 0 Å². The van der Waals surface area contributed by atoms with Crippen LogP contribution >= 0.6 is 11.3 Å². The lowest BCUT2D eigenvalue weighted by Crippen LogP contribution is -2.59. The quantitative estimate of drug-likeness (QED) is 0.396. The molecule has 0 saturated carbocycles. The largest absolute Gasteiger partial charge is 0.480 e. The van der Waals surface area contributed by atoms with Crippen molar-refractivity contribution in [3.05, 3.63) is 22.4 Å². The van der Waals surface area contributed by atoms with Crippen molar-refractivity contribution in [2.24, 2.45) is 16.3 Å². The summed E-state index contributed by atoms with van der Waals surface area (Å²) in [6.07, 6.45) is 1.06. The number of carbonyl (C=O) groups is 3. The van der Waals surface area contributed by atoms with E-state index < -0.39 is 29.2 Å². The van der Waals surface area contributed by atoms with Crippen LogP contribution in [0.1, 0.15) is 71.2 Å². The van der Waals surface area contributed by atoms with Gasteiger partial charge in [0.2, 0.25) is 0 Å². The van der Waals surface area contributed by atoms with Crippen LogP contribution in [0.5, 0.6) is 0 Å². The Labute approximate surface area is 205 Å². The van der Waals surface area contributed by atoms with E-state index in [0.717, 1.165) is 0 Å². The second-order valence-corrected chi connectivity index (χ2v) is 10.8. The molecule has 0 spiro atoms. The summed E-state index contributed by atoms with van der Waals surface area (Å²) in [5, 5.41) is 29.2. The average molecular weight is 496 g/mol. The van der Waals surface area contributed by atoms with Crippen molar-refractivity contribution in [1.82, 2.24) is 15.6 Å². The van der Waals surface area contributed by atoms with E-state index in [9.17, 15) is 19.5 Å². The van der Waals surface area contributed by atoms with Crippen LogP contribution in [0, 0.1) is 5.92 Å². The zero-order valence-corrected chi connectivity index (χ0v) is 21.6. The fourth-order valence-electron chi connectivity index (χ4n) is 3.57. The third kappa shape index (κ3) is 7.68. The van der Waals surface area contributed by atoms with Gasteiger partial charge in [-0.1, -0.05) is 19.1 Å². The van der Waals surface area contributed by atoms with Crippen molar-refractivity contribution in [3.63, 3.8) is 0 Å². The Morgan fingerprint density at radius 1 is 1.26 bits per heavy atom. The van der Waals surface area contributed by atoms with Crippen molar-refractivity contribution >= 4 is 29.3 Å². The van der Waals surface area contributed by atoms with Crippen LogP contribution in [-0.2, 0) is 9.53 Å². The minimum Gasteiger partial charge on any atom is -0.480 e. The number of aliphatic carboxylic acids is 1. The Morgan fingerprint density at radius 2 is 1.97 bits per heavy atom. The zero-order valence-electron chi connectivity index (χ0n) is 20.8. The Morgan fingerprint density at radius 3 is 2.53 bits per heavy atom. The van der Waals surface area contributed by atoms with Gasteiger partial charge in [-0.15, -0.1) is 0 Å². The monoisotopic (exact) mass is 495 g/mol. The van der Waals surface area contributed by atoms with Crippen LogP contribution in [-0.4, -0.2) is 64.4 Å². The second-order valence-electron chi connectivity index (χ2n) is 10.0. The summed E-state index contributed by atoms with van der Waals surface area (Å²) in [7, 11) is 0. The van der Waals surface area contributed by atoms with E-state index in [-0.39, 0.29) is 17.9 Å². The number of hydrogen-bond donors (Lipinski definition) is 3. The molecular formula is C23H37N5O5S. The normalized spacial score (nSPS) is 18.4. The molecule has 11 heteroatoms. The van der Waals surface area contributed by atoms with E-state index in [2.05, 4.69) is 21.0 Å². The third-order valence-electron chi connectivity index (χ3n) is 5.94. The molecule has 34 heavy (non-hydrogen) atoms. The molecule has 1 aliphatic heterocycles. The fourth-order valence-corrected chi connectivity index (χ4v) is 4.20. The molecule has 0 saturated heterocycles. The van der Waals surface area contributed by atoms with Crippen LogP contribution in [0.25, 0.3) is 0 Å². The molecule has 1 aliphatic rings. The number of carboxylic acids is 1. The number of alkyl carbamates (subject to hydrolysis) is 1. The van der Waals surface area contributed by atoms with Gasteiger partial charge in [-0.2, -0.15) is 16.5 Å². The van der Waals surface area contributed by atoms with E-state index in [1.165, 1.54) is 16.3 Å². The first kappa shape index (κ1) is 27.6. The first-order valence-corrected chi connectivity index (χ1v) is 12.5. The molecule has 2 amide bonds. The van der Waals surface area contributed by atoms with E-state index in [1.807, 2.05) is 26.2 Å². The van der Waals surface area contributed by atoms with Crippen LogP contribution in [0.4, 0.5) is 4.79 Å². The first-order valence-electron chi connectivity index (χ1n) is 11.5. The molecule has 0 aliphatic carbocycles. The molecule has 0 fully saturated rings. The maximum absolute atomic E-state index is 12.7. The van der Waals surface area contributed by atoms with Crippen molar-refractivity contribution < 1.29 is 24.2 Å². The molecule has 10 nitrogen and oxygen atoms in total. The van der Waals surface area contributed by atoms with E-state index in [1.54, 1.807) is 32.2 Å². The maximum atomic E-state index is 12.7. The van der Waals surface area contributed by atoms with E-state index in [4.69, 9.17) is 4.74 Å². The molecule has 2 heterocycles. The van der Waals surface area contributed by atoms with Gasteiger partial charge in [-0.25, -0.2) is 9.59 Å². The molecule has 2 rings (SSSR count). The second kappa shape index (κ2) is 11.6. The first-order chi connectivity index (χ1) is 15.8. The van der Waals surface area contributed by atoms with Gasteiger partial charge < -0.3 is 20.5 Å². The summed E-state index contributed by atoms with van der Waals surface area (Å²) >= 11 is 1.45. The lowest BCUT2D eigenvalue weighted by atomic mass is 9.81. The Kier molecular flexibility index (Phi) is 9.43. The van der Waals surface area contributed by atoms with Gasteiger partial charge in [0.1, 0.15) is 17.7 Å². The molecule has 1 aromatic heterocycles. The number of ether oxygens (including phenoxy) is 1. The lowest BCUT2D eigenvalue weighted by molar-refractivity contribution is -0.143. The SMILES string of the molecule is CC(C)C(C)(NC(=O)c1ccsc1)C1CN(C(CCCCNC(=O)OC(C)(C)C)C(=O)O)N=N1. The van der Waals surface area contributed by atoms with Gasteiger partial charge >= 0.3 is 12.1 Å². The molecule has 3 unspecified atom stereocenters. The summed E-state index contributed by atoms with van der Waals surface area (Å²) in [6.45, 7) is 12.0. The van der Waals surface area contributed by atoms with Crippen molar-refractivity contribution in [2.45, 2.75) is 84.0 Å². The van der Waals surface area contributed by atoms with Gasteiger partial charge in [0.15, 0.2) is 0 Å². The minimum atomic E-state index is -0.978. The highest BCUT2D eigenvalue weighted by Gasteiger charge is 2.44. The Bertz CT molecular complexity index is 868. The summed E-state index contributed by atoms with van der Waals surface area (Å²) in [5.74, 6) is -1.12. The fraction of sp³-hybridized carbons (Fsp3) is 0.696. The molecule has 3 atom stereocenters. The average Bonchev–Trinajstić information content (AvgIpc) is 3.41. The summed E-state index contributed by atoms with van der Waals surface area (Å²) in [5.41, 5.74) is -0.673. The molecule has 0 aromatic carbocycles. The number of rotatable bonds is 11. The molecular weight excluding hydrogens is 458 g/mol. The van der Waals surface area contributed by atoms with Gasteiger partial charge in [-0.3, -0.25) is 9.80 Å². The number of hydrogen-bond acceptors (Lipinski definition) is 8. The molecule has 0 radical (unpaired) electrons. The number of nitrogens with one attached hydrogen (secondary N) is 2. The number of carboxylic acid groups (broad SMARTS) is 1. The maximum Gasteiger partial charge on any atom is 0.407 e. The van der Waals surface area contributed by atoms with Gasteiger partial charge in [-0.05, 0) is 64.3 Å². The minimum absolute atomic E-state index is 0.0428. The van der Waals surface area contributed by atoms with E-state index in [0.29, 0.717) is 37.9 Å². The van der Waals surface area contributed by atoms with Gasteiger partial charge in [0, 0.05) is 11.9 Å². The molecule has 0 bridgehead atoms. The highest BCUT2D eigenvalue weighted by molar-refractivity contribution is 7.08. The van der Waals surface area contributed by atoms with Crippen LogP contribution in [0.15, 0.2) is 27.2 Å².